The highest BCUT2D eigenvalue weighted by Gasteiger charge is 2.33. The fourth-order valence-electron chi connectivity index (χ4n) is 5.01. The van der Waals surface area contributed by atoms with Gasteiger partial charge >= 0.3 is 0 Å². The van der Waals surface area contributed by atoms with Gasteiger partial charge in [0.2, 0.25) is 5.88 Å². The summed E-state index contributed by atoms with van der Waals surface area (Å²) in [5.41, 5.74) is 1.40. The van der Waals surface area contributed by atoms with Crippen LogP contribution >= 0.6 is 0 Å². The minimum atomic E-state index is -4.71. The molecule has 0 bridgehead atoms. The number of fused-ring (bicyclic) bond motifs is 1. The number of ether oxygens (including phenoxy) is 1. The van der Waals surface area contributed by atoms with E-state index < -0.39 is 44.3 Å². The maximum absolute atomic E-state index is 14.3. The average Bonchev–Trinajstić information content (AvgIpc) is 3.00. The van der Waals surface area contributed by atoms with Gasteiger partial charge in [0.25, 0.3) is 15.9 Å². The number of benzene rings is 2. The minimum absolute atomic E-state index is 0.0310. The molecule has 1 aliphatic heterocycles. The Balaban J connectivity index is 1.51. The van der Waals surface area contributed by atoms with Crippen molar-refractivity contribution < 1.29 is 31.1 Å². The van der Waals surface area contributed by atoms with Crippen LogP contribution in [0.4, 0.5) is 24.7 Å². The molecule has 4 aromatic rings. The van der Waals surface area contributed by atoms with Gasteiger partial charge in [0, 0.05) is 36.8 Å². The highest BCUT2D eigenvalue weighted by atomic mass is 32.2. The first kappa shape index (κ1) is 30.2. The molecule has 2 aromatic carbocycles. The summed E-state index contributed by atoms with van der Waals surface area (Å²) >= 11 is 0. The molecule has 0 radical (unpaired) electrons. The molecular formula is C29H24F3N7O4S. The van der Waals surface area contributed by atoms with Crippen molar-refractivity contribution in [1.82, 2.24) is 19.9 Å². The van der Waals surface area contributed by atoms with E-state index in [2.05, 4.69) is 26.3 Å². The zero-order chi connectivity index (χ0) is 31.6. The fraction of sp³-hybridized carbons (Fsp3) is 0.207. The van der Waals surface area contributed by atoms with Gasteiger partial charge in [0.15, 0.2) is 10.7 Å². The van der Waals surface area contributed by atoms with Gasteiger partial charge < -0.3 is 14.5 Å². The third-order valence-corrected chi connectivity index (χ3v) is 8.44. The maximum Gasteiger partial charge on any atom is 0.282 e. The Hall–Kier alpha value is -5.23. The number of carbonyl (C=O) groups is 1. The van der Waals surface area contributed by atoms with Gasteiger partial charge in [-0.3, -0.25) is 9.52 Å². The third-order valence-electron chi connectivity index (χ3n) is 7.03. The normalized spacial score (nSPS) is 15.1. The van der Waals surface area contributed by atoms with Crippen molar-refractivity contribution in [2.75, 3.05) is 36.4 Å². The topological polar surface area (TPSA) is 141 Å². The molecule has 15 heteroatoms. The van der Waals surface area contributed by atoms with E-state index in [1.54, 1.807) is 18.2 Å². The van der Waals surface area contributed by atoms with Crippen molar-refractivity contribution in [3.8, 4) is 23.1 Å². The molecule has 44 heavy (non-hydrogen) atoms. The number of hydrogen-bond acceptors (Lipinski definition) is 9. The van der Waals surface area contributed by atoms with Gasteiger partial charge in [-0.25, -0.2) is 36.5 Å². The largest absolute Gasteiger partial charge is 0.480 e. The van der Waals surface area contributed by atoms with Crippen LogP contribution in [0.5, 0.6) is 5.88 Å². The first-order chi connectivity index (χ1) is 21.0. The summed E-state index contributed by atoms with van der Waals surface area (Å²) in [4.78, 5) is 27.3. The van der Waals surface area contributed by atoms with Crippen LogP contribution in [0, 0.1) is 23.0 Å². The lowest BCUT2D eigenvalue weighted by molar-refractivity contribution is -0.131. The molecule has 1 aliphatic rings. The highest BCUT2D eigenvalue weighted by molar-refractivity contribution is 7.92. The van der Waals surface area contributed by atoms with Crippen LogP contribution in [0.3, 0.4) is 0 Å². The summed E-state index contributed by atoms with van der Waals surface area (Å²) in [6.07, 6.45) is 2.78. The fourth-order valence-corrected chi connectivity index (χ4v) is 6.19. The Morgan fingerprint density at radius 2 is 1.89 bits per heavy atom. The van der Waals surface area contributed by atoms with E-state index in [1.807, 2.05) is 11.0 Å². The number of nitriles is 1. The molecule has 0 unspecified atom stereocenters. The minimum Gasteiger partial charge on any atom is -0.480 e. The first-order valence-corrected chi connectivity index (χ1v) is 14.6. The number of aromatic nitrogens is 3. The summed E-state index contributed by atoms with van der Waals surface area (Å²) in [7, 11) is -3.45. The predicted molar refractivity (Wildman–Crippen MR) is 155 cm³/mol. The molecule has 1 saturated heterocycles. The Kier molecular flexibility index (Phi) is 8.36. The number of amides is 1. The van der Waals surface area contributed by atoms with E-state index in [9.17, 15) is 31.6 Å². The number of rotatable bonds is 8. The van der Waals surface area contributed by atoms with Crippen LogP contribution in [-0.2, 0) is 14.8 Å². The molecule has 226 valence electrons. The van der Waals surface area contributed by atoms with Gasteiger partial charge in [-0.1, -0.05) is 18.7 Å². The molecule has 0 saturated carbocycles. The second-order valence-electron chi connectivity index (χ2n) is 9.73. The summed E-state index contributed by atoms with van der Waals surface area (Å²) in [6.45, 7) is 3.71. The SMILES string of the molecule is C=C(F)C(=O)N1CCN(c2ncnc3ccc(-c4cnc(OC)c(NS(=O)(=O)c5c(F)cccc5F)c4)cc23)C[C@@H]1CC#N. The standard InChI is InChI=1S/C29H24F3N7O4S/c1-17(30)29(40)39-11-10-38(15-20(39)8-9-33)27-21-12-18(6-7-24(21)35-16-36-27)19-13-25(28(43-2)34-14-19)37-44(41,42)26-22(31)4-3-5-23(26)32/h3-7,12-14,16,20,37H,1,8,10-11,15H2,2H3/t20-/m0/s1. The van der Waals surface area contributed by atoms with Crippen LogP contribution in [0.2, 0.25) is 0 Å². The van der Waals surface area contributed by atoms with E-state index in [1.165, 1.54) is 30.6 Å². The Morgan fingerprint density at radius 1 is 1.14 bits per heavy atom. The van der Waals surface area contributed by atoms with E-state index in [0.717, 1.165) is 18.2 Å². The monoisotopic (exact) mass is 623 g/mol. The number of pyridine rings is 1. The second-order valence-corrected chi connectivity index (χ2v) is 11.4. The van der Waals surface area contributed by atoms with Crippen LogP contribution in [-0.4, -0.2) is 67.0 Å². The van der Waals surface area contributed by atoms with Crippen LogP contribution in [0.15, 0.2) is 72.3 Å². The average molecular weight is 624 g/mol. The number of anilines is 2. The number of nitrogens with zero attached hydrogens (tertiary/aromatic N) is 6. The number of sulfonamides is 1. The molecule has 3 heterocycles. The van der Waals surface area contributed by atoms with Gasteiger partial charge in [-0.2, -0.15) is 5.26 Å². The van der Waals surface area contributed by atoms with Crippen LogP contribution in [0.1, 0.15) is 6.42 Å². The van der Waals surface area contributed by atoms with E-state index in [0.29, 0.717) is 34.4 Å². The smallest absolute Gasteiger partial charge is 0.282 e. The van der Waals surface area contributed by atoms with Gasteiger partial charge in [0.1, 0.15) is 29.5 Å². The van der Waals surface area contributed by atoms with E-state index >= 15 is 0 Å². The number of piperazine rings is 1. The Bertz CT molecular complexity index is 1910. The molecule has 1 amide bonds. The Labute approximate surface area is 250 Å². The molecule has 2 aromatic heterocycles. The summed E-state index contributed by atoms with van der Waals surface area (Å²) in [5.74, 6) is -4.13. The van der Waals surface area contributed by atoms with Gasteiger partial charge in [-0.05, 0) is 35.9 Å². The molecule has 1 atom stereocenters. The number of carbonyl (C=O) groups excluding carboxylic acids is 1. The van der Waals surface area contributed by atoms with Gasteiger partial charge in [0.05, 0.1) is 31.2 Å². The van der Waals surface area contributed by atoms with Crippen molar-refractivity contribution in [3.63, 3.8) is 0 Å². The molecular weight excluding hydrogens is 599 g/mol. The summed E-state index contributed by atoms with van der Waals surface area (Å²) < 4.78 is 75.5. The molecule has 5 rings (SSSR count). The molecule has 1 fully saturated rings. The molecule has 1 N–H and O–H groups in total. The zero-order valence-corrected chi connectivity index (χ0v) is 24.0. The number of hydrogen-bond donors (Lipinski definition) is 1. The zero-order valence-electron chi connectivity index (χ0n) is 23.2. The van der Waals surface area contributed by atoms with Crippen LogP contribution in [0.25, 0.3) is 22.0 Å². The van der Waals surface area contributed by atoms with Crippen LogP contribution < -0.4 is 14.4 Å². The third kappa shape index (κ3) is 5.84. The highest BCUT2D eigenvalue weighted by Crippen LogP contribution is 2.34. The summed E-state index contributed by atoms with van der Waals surface area (Å²) in [6, 6.07) is 10.7. The van der Waals surface area contributed by atoms with Crippen molar-refractivity contribution >= 4 is 38.3 Å². The second kappa shape index (κ2) is 12.2. The number of nitrogens with one attached hydrogen (secondary N) is 1. The van der Waals surface area contributed by atoms with Crippen molar-refractivity contribution in [2.45, 2.75) is 17.4 Å². The van der Waals surface area contributed by atoms with E-state index in [-0.39, 0.29) is 31.1 Å². The van der Waals surface area contributed by atoms with Gasteiger partial charge in [-0.15, -0.1) is 0 Å². The van der Waals surface area contributed by atoms with Crippen molar-refractivity contribution in [3.05, 3.63) is 79.0 Å². The lowest BCUT2D eigenvalue weighted by Crippen LogP contribution is -2.55. The molecule has 0 aliphatic carbocycles. The molecule has 0 spiro atoms. The van der Waals surface area contributed by atoms with Crippen molar-refractivity contribution in [1.29, 1.82) is 5.26 Å². The first-order valence-electron chi connectivity index (χ1n) is 13.1. The van der Waals surface area contributed by atoms with Crippen molar-refractivity contribution in [2.24, 2.45) is 0 Å². The lowest BCUT2D eigenvalue weighted by atomic mass is 10.0. The Morgan fingerprint density at radius 3 is 2.57 bits per heavy atom. The number of methoxy groups -OCH3 is 1. The maximum atomic E-state index is 14.3. The lowest BCUT2D eigenvalue weighted by Gasteiger charge is -2.41. The summed E-state index contributed by atoms with van der Waals surface area (Å²) in [5, 5.41) is 9.93. The van der Waals surface area contributed by atoms with E-state index in [4.69, 9.17) is 4.74 Å². The predicted octanol–water partition coefficient (Wildman–Crippen LogP) is 4.19. The number of halogens is 3. The quantitative estimate of drug-likeness (QED) is 0.286. The molecule has 11 nitrogen and oxygen atoms in total.